The molecule has 0 unspecified atom stereocenters. The molecule has 0 radical (unpaired) electrons. The largest absolute Gasteiger partial charge is 0.392 e. The normalized spacial score (nSPS) is 12.5. The summed E-state index contributed by atoms with van der Waals surface area (Å²) in [5.41, 5.74) is 0.992. The highest BCUT2D eigenvalue weighted by Crippen LogP contribution is 2.18. The van der Waals surface area contributed by atoms with E-state index in [0.29, 0.717) is 5.69 Å². The zero-order valence-electron chi connectivity index (χ0n) is 10.4. The number of nitrogens with one attached hydrogen (secondary N) is 1. The van der Waals surface area contributed by atoms with Gasteiger partial charge in [-0.1, -0.05) is 32.9 Å². The fraction of sp³-hybridized carbons (Fsp3) is 0.500. The second-order valence-corrected chi connectivity index (χ2v) is 7.00. The molecule has 17 heavy (non-hydrogen) atoms. The highest BCUT2D eigenvalue weighted by Gasteiger charge is 2.21. The van der Waals surface area contributed by atoms with Crippen LogP contribution in [0.3, 0.4) is 0 Å². The van der Waals surface area contributed by atoms with Crippen LogP contribution in [0, 0.1) is 5.41 Å². The number of benzene rings is 1. The van der Waals surface area contributed by atoms with E-state index in [0.717, 1.165) is 5.56 Å². The fourth-order valence-corrected chi connectivity index (χ4v) is 3.17. The van der Waals surface area contributed by atoms with Gasteiger partial charge in [0.1, 0.15) is 0 Å². The highest BCUT2D eigenvalue weighted by molar-refractivity contribution is 7.92. The van der Waals surface area contributed by atoms with Gasteiger partial charge in [0, 0.05) is 5.69 Å². The molecule has 1 rings (SSSR count). The van der Waals surface area contributed by atoms with Crippen molar-refractivity contribution in [3.8, 4) is 0 Å². The van der Waals surface area contributed by atoms with Crippen LogP contribution in [0.15, 0.2) is 24.3 Å². The van der Waals surface area contributed by atoms with Crippen molar-refractivity contribution in [3.63, 3.8) is 0 Å². The smallest absolute Gasteiger partial charge is 0.233 e. The molecule has 0 bridgehead atoms. The predicted octanol–water partition coefficient (Wildman–Crippen LogP) is 1.97. The number of hydrogen-bond acceptors (Lipinski definition) is 3. The predicted molar refractivity (Wildman–Crippen MR) is 69.2 cm³/mol. The maximum atomic E-state index is 11.8. The van der Waals surface area contributed by atoms with E-state index in [1.54, 1.807) is 24.3 Å². The Labute approximate surface area is 103 Å². The molecule has 0 aliphatic heterocycles. The van der Waals surface area contributed by atoms with Crippen LogP contribution in [-0.4, -0.2) is 19.3 Å². The van der Waals surface area contributed by atoms with E-state index >= 15 is 0 Å². The lowest BCUT2D eigenvalue weighted by molar-refractivity contribution is 0.282. The lowest BCUT2D eigenvalue weighted by atomic mass is 10.0. The first kappa shape index (κ1) is 14.0. The first-order valence-electron chi connectivity index (χ1n) is 5.42. The van der Waals surface area contributed by atoms with E-state index in [2.05, 4.69) is 4.72 Å². The van der Waals surface area contributed by atoms with Gasteiger partial charge in [0.15, 0.2) is 0 Å². The molecule has 1 aromatic carbocycles. The Hall–Kier alpha value is -1.07. The fourth-order valence-electron chi connectivity index (χ4n) is 1.46. The molecular weight excluding hydrogens is 238 g/mol. The van der Waals surface area contributed by atoms with Gasteiger partial charge in [0.25, 0.3) is 0 Å². The summed E-state index contributed by atoms with van der Waals surface area (Å²) >= 11 is 0. The summed E-state index contributed by atoms with van der Waals surface area (Å²) in [6.45, 7) is 5.58. The maximum Gasteiger partial charge on any atom is 0.233 e. The molecular formula is C12H19NO3S. The van der Waals surface area contributed by atoms with E-state index in [1.807, 2.05) is 20.8 Å². The Kier molecular flexibility index (Phi) is 4.16. The topological polar surface area (TPSA) is 66.4 Å². The van der Waals surface area contributed by atoms with Gasteiger partial charge in [-0.2, -0.15) is 0 Å². The molecule has 0 aliphatic carbocycles. The van der Waals surface area contributed by atoms with Gasteiger partial charge >= 0.3 is 0 Å². The lowest BCUT2D eigenvalue weighted by Crippen LogP contribution is -2.26. The van der Waals surface area contributed by atoms with Gasteiger partial charge in [0.2, 0.25) is 10.0 Å². The van der Waals surface area contributed by atoms with Crippen LogP contribution in [0.4, 0.5) is 5.69 Å². The van der Waals surface area contributed by atoms with Crippen LogP contribution in [0.25, 0.3) is 0 Å². The van der Waals surface area contributed by atoms with E-state index in [4.69, 9.17) is 5.11 Å². The third kappa shape index (κ3) is 5.19. The SMILES string of the molecule is CC(C)(C)CS(=O)(=O)Nc1ccc(CO)cc1. The van der Waals surface area contributed by atoms with Gasteiger partial charge in [-0.05, 0) is 23.1 Å². The van der Waals surface area contributed by atoms with Crippen LogP contribution in [-0.2, 0) is 16.6 Å². The number of rotatable bonds is 4. The molecule has 0 spiro atoms. The quantitative estimate of drug-likeness (QED) is 0.866. The Bertz CT molecular complexity index is 458. The molecule has 96 valence electrons. The minimum atomic E-state index is -3.32. The molecule has 0 heterocycles. The van der Waals surface area contributed by atoms with Crippen molar-refractivity contribution in [1.82, 2.24) is 0 Å². The van der Waals surface area contributed by atoms with Crippen LogP contribution in [0.1, 0.15) is 26.3 Å². The number of hydrogen-bond donors (Lipinski definition) is 2. The highest BCUT2D eigenvalue weighted by atomic mass is 32.2. The summed E-state index contributed by atoms with van der Waals surface area (Å²) in [7, 11) is -3.32. The van der Waals surface area contributed by atoms with Crippen molar-refractivity contribution >= 4 is 15.7 Å². The zero-order valence-corrected chi connectivity index (χ0v) is 11.2. The average Bonchev–Trinajstić information content (AvgIpc) is 2.14. The Morgan fingerprint density at radius 1 is 1.18 bits per heavy atom. The summed E-state index contributed by atoms with van der Waals surface area (Å²) in [5, 5.41) is 8.88. The summed E-state index contributed by atoms with van der Waals surface area (Å²) in [6, 6.07) is 6.67. The first-order chi connectivity index (χ1) is 7.72. The van der Waals surface area contributed by atoms with Crippen LogP contribution >= 0.6 is 0 Å². The van der Waals surface area contributed by atoms with E-state index < -0.39 is 10.0 Å². The second-order valence-electron chi connectivity index (χ2n) is 5.28. The first-order valence-corrected chi connectivity index (χ1v) is 7.07. The van der Waals surface area contributed by atoms with Crippen LogP contribution in [0.2, 0.25) is 0 Å². The third-order valence-electron chi connectivity index (χ3n) is 2.03. The monoisotopic (exact) mass is 257 g/mol. The van der Waals surface area contributed by atoms with Crippen molar-refractivity contribution < 1.29 is 13.5 Å². The van der Waals surface area contributed by atoms with Crippen molar-refractivity contribution in [1.29, 1.82) is 0 Å². The minimum Gasteiger partial charge on any atom is -0.392 e. The summed E-state index contributed by atoms with van der Waals surface area (Å²) in [5.74, 6) is 0.0712. The molecule has 5 heteroatoms. The van der Waals surface area contributed by atoms with Crippen molar-refractivity contribution in [2.24, 2.45) is 5.41 Å². The second kappa shape index (κ2) is 5.06. The molecule has 1 aromatic rings. The molecule has 0 aliphatic rings. The molecule has 4 nitrogen and oxygen atoms in total. The lowest BCUT2D eigenvalue weighted by Gasteiger charge is -2.18. The van der Waals surface area contributed by atoms with Crippen LogP contribution < -0.4 is 4.72 Å². The molecule has 2 N–H and O–H groups in total. The van der Waals surface area contributed by atoms with Gasteiger partial charge in [-0.3, -0.25) is 4.72 Å². The number of anilines is 1. The summed E-state index contributed by atoms with van der Waals surface area (Å²) < 4.78 is 26.1. The number of sulfonamides is 1. The maximum absolute atomic E-state index is 11.8. The van der Waals surface area contributed by atoms with E-state index in [9.17, 15) is 8.42 Å². The van der Waals surface area contributed by atoms with Crippen molar-refractivity contribution in [3.05, 3.63) is 29.8 Å². The molecule has 0 amide bonds. The molecule has 0 atom stereocenters. The van der Waals surface area contributed by atoms with Gasteiger partial charge in [-0.15, -0.1) is 0 Å². The van der Waals surface area contributed by atoms with Gasteiger partial charge < -0.3 is 5.11 Å². The Balaban J connectivity index is 2.76. The van der Waals surface area contributed by atoms with Gasteiger partial charge in [-0.25, -0.2) is 8.42 Å². The molecule has 0 saturated carbocycles. The standard InChI is InChI=1S/C12H19NO3S/c1-12(2,3)9-17(15,16)13-11-6-4-10(8-14)5-7-11/h4-7,13-14H,8-9H2,1-3H3. The van der Waals surface area contributed by atoms with Crippen LogP contribution in [0.5, 0.6) is 0 Å². The van der Waals surface area contributed by atoms with Crippen molar-refractivity contribution in [2.75, 3.05) is 10.5 Å². The molecule has 0 saturated heterocycles. The van der Waals surface area contributed by atoms with E-state index in [-0.39, 0.29) is 17.8 Å². The zero-order chi connectivity index (χ0) is 13.1. The molecule has 0 fully saturated rings. The number of aliphatic hydroxyl groups is 1. The Morgan fingerprint density at radius 3 is 2.12 bits per heavy atom. The van der Waals surface area contributed by atoms with Gasteiger partial charge in [0.05, 0.1) is 12.4 Å². The summed E-state index contributed by atoms with van der Waals surface area (Å²) in [6.07, 6.45) is 0. The average molecular weight is 257 g/mol. The molecule has 0 aromatic heterocycles. The number of aliphatic hydroxyl groups excluding tert-OH is 1. The minimum absolute atomic E-state index is 0.0466. The van der Waals surface area contributed by atoms with Crippen molar-refractivity contribution in [2.45, 2.75) is 27.4 Å². The summed E-state index contributed by atoms with van der Waals surface area (Å²) in [4.78, 5) is 0. The third-order valence-corrected chi connectivity index (χ3v) is 3.83. The van der Waals surface area contributed by atoms with E-state index in [1.165, 1.54) is 0 Å². The Morgan fingerprint density at radius 2 is 1.71 bits per heavy atom.